The van der Waals surface area contributed by atoms with Gasteiger partial charge in [0.15, 0.2) is 5.96 Å². The van der Waals surface area contributed by atoms with E-state index >= 15 is 0 Å². The minimum atomic E-state index is -0.801. The standard InChI is InChI=1S/C16H18ClN3O2/c1-22-12-8-6-11(7-9-12)20-16(18)19-10-15(21)13-4-2-3-5-14(13)17/h2-9,15,21H,10H2,1H3,(H3,18,19,20). The van der Waals surface area contributed by atoms with Crippen molar-refractivity contribution in [1.29, 1.82) is 0 Å². The molecule has 1 atom stereocenters. The molecule has 5 nitrogen and oxygen atoms in total. The number of hydrogen-bond donors (Lipinski definition) is 3. The number of hydrogen-bond acceptors (Lipinski definition) is 3. The van der Waals surface area contributed by atoms with Gasteiger partial charge < -0.3 is 20.9 Å². The van der Waals surface area contributed by atoms with E-state index in [4.69, 9.17) is 22.1 Å². The molecular weight excluding hydrogens is 302 g/mol. The van der Waals surface area contributed by atoms with Crippen molar-refractivity contribution in [2.45, 2.75) is 6.10 Å². The van der Waals surface area contributed by atoms with E-state index in [-0.39, 0.29) is 12.5 Å². The number of aliphatic hydroxyl groups is 1. The van der Waals surface area contributed by atoms with Crippen LogP contribution in [0.3, 0.4) is 0 Å². The van der Waals surface area contributed by atoms with Gasteiger partial charge in [-0.15, -0.1) is 0 Å². The maximum Gasteiger partial charge on any atom is 0.193 e. The minimum absolute atomic E-state index is 0.124. The minimum Gasteiger partial charge on any atom is -0.497 e. The van der Waals surface area contributed by atoms with Gasteiger partial charge in [0.05, 0.1) is 13.7 Å². The van der Waals surface area contributed by atoms with E-state index in [1.165, 1.54) is 0 Å². The van der Waals surface area contributed by atoms with Gasteiger partial charge in [-0.25, -0.2) is 0 Å². The van der Waals surface area contributed by atoms with Gasteiger partial charge in [0.25, 0.3) is 0 Å². The zero-order valence-electron chi connectivity index (χ0n) is 12.2. The van der Waals surface area contributed by atoms with Gasteiger partial charge in [-0.1, -0.05) is 29.8 Å². The second-order valence-corrected chi connectivity index (χ2v) is 5.02. The van der Waals surface area contributed by atoms with E-state index in [2.05, 4.69) is 10.3 Å². The lowest BCUT2D eigenvalue weighted by molar-refractivity contribution is 0.187. The summed E-state index contributed by atoms with van der Waals surface area (Å²) in [5.41, 5.74) is 7.22. The Kier molecular flexibility index (Phi) is 5.63. The Labute approximate surface area is 134 Å². The molecule has 2 aromatic rings. The van der Waals surface area contributed by atoms with Crippen molar-refractivity contribution in [3.05, 3.63) is 59.1 Å². The van der Waals surface area contributed by atoms with Crippen LogP contribution in [0.1, 0.15) is 11.7 Å². The van der Waals surface area contributed by atoms with Gasteiger partial charge in [0.1, 0.15) is 11.9 Å². The molecule has 0 aliphatic heterocycles. The summed E-state index contributed by atoms with van der Waals surface area (Å²) < 4.78 is 5.08. The molecule has 0 radical (unpaired) electrons. The highest BCUT2D eigenvalue weighted by Crippen LogP contribution is 2.22. The Balaban J connectivity index is 1.95. The molecule has 4 N–H and O–H groups in total. The molecule has 22 heavy (non-hydrogen) atoms. The van der Waals surface area contributed by atoms with Gasteiger partial charge in [0.2, 0.25) is 0 Å². The van der Waals surface area contributed by atoms with Crippen molar-refractivity contribution >= 4 is 23.2 Å². The number of guanidine groups is 1. The number of benzene rings is 2. The summed E-state index contributed by atoms with van der Waals surface area (Å²) in [6.45, 7) is 0.124. The Hall–Kier alpha value is -2.24. The van der Waals surface area contributed by atoms with Crippen LogP contribution in [0.2, 0.25) is 5.02 Å². The maximum atomic E-state index is 10.1. The van der Waals surface area contributed by atoms with Crippen LogP contribution in [0.4, 0.5) is 5.69 Å². The average Bonchev–Trinajstić information content (AvgIpc) is 2.54. The molecule has 2 aromatic carbocycles. The van der Waals surface area contributed by atoms with Crippen LogP contribution in [-0.2, 0) is 0 Å². The fourth-order valence-corrected chi connectivity index (χ4v) is 2.15. The van der Waals surface area contributed by atoms with Crippen LogP contribution in [-0.4, -0.2) is 24.7 Å². The second kappa shape index (κ2) is 7.68. The Bertz CT molecular complexity index is 644. The number of aliphatic hydroxyl groups excluding tert-OH is 1. The van der Waals surface area contributed by atoms with Crippen molar-refractivity contribution in [2.75, 3.05) is 19.0 Å². The zero-order chi connectivity index (χ0) is 15.9. The van der Waals surface area contributed by atoms with Crippen LogP contribution in [0.15, 0.2) is 53.5 Å². The van der Waals surface area contributed by atoms with Crippen LogP contribution in [0, 0.1) is 0 Å². The molecule has 0 amide bonds. The number of aliphatic imine (C=N–C) groups is 1. The first-order chi connectivity index (χ1) is 10.6. The molecule has 0 aliphatic rings. The molecule has 1 unspecified atom stereocenters. The number of methoxy groups -OCH3 is 1. The van der Waals surface area contributed by atoms with E-state index in [1.807, 2.05) is 30.3 Å². The van der Waals surface area contributed by atoms with Crippen LogP contribution >= 0.6 is 11.6 Å². The lowest BCUT2D eigenvalue weighted by atomic mass is 10.1. The Morgan fingerprint density at radius 3 is 2.59 bits per heavy atom. The summed E-state index contributed by atoms with van der Waals surface area (Å²) in [6.07, 6.45) is -0.801. The highest BCUT2D eigenvalue weighted by atomic mass is 35.5. The molecule has 0 bridgehead atoms. The van der Waals surface area contributed by atoms with E-state index in [0.29, 0.717) is 10.6 Å². The summed E-state index contributed by atoms with van der Waals surface area (Å²) in [5.74, 6) is 0.978. The molecule has 0 fully saturated rings. The second-order valence-electron chi connectivity index (χ2n) is 4.62. The van der Waals surface area contributed by atoms with E-state index in [1.54, 1.807) is 25.3 Å². The Morgan fingerprint density at radius 1 is 1.27 bits per heavy atom. The molecule has 6 heteroatoms. The predicted octanol–water partition coefficient (Wildman–Crippen LogP) is 2.81. The number of halogens is 1. The third-order valence-electron chi connectivity index (χ3n) is 3.06. The summed E-state index contributed by atoms with van der Waals surface area (Å²) in [4.78, 5) is 4.12. The fourth-order valence-electron chi connectivity index (χ4n) is 1.89. The molecule has 0 aliphatic carbocycles. The van der Waals surface area contributed by atoms with E-state index in [9.17, 15) is 5.11 Å². The molecule has 2 rings (SSSR count). The number of nitrogens with two attached hydrogens (primary N) is 1. The van der Waals surface area contributed by atoms with Crippen molar-refractivity contribution in [2.24, 2.45) is 10.7 Å². The van der Waals surface area contributed by atoms with Crippen molar-refractivity contribution in [3.63, 3.8) is 0 Å². The molecule has 0 spiro atoms. The lowest BCUT2D eigenvalue weighted by Crippen LogP contribution is -2.23. The maximum absolute atomic E-state index is 10.1. The highest BCUT2D eigenvalue weighted by Gasteiger charge is 2.10. The first-order valence-electron chi connectivity index (χ1n) is 6.73. The summed E-state index contributed by atoms with van der Waals surface area (Å²) in [6, 6.07) is 14.4. The van der Waals surface area contributed by atoms with Gasteiger partial charge in [-0.3, -0.25) is 4.99 Å². The van der Waals surface area contributed by atoms with Gasteiger partial charge in [-0.05, 0) is 30.3 Å². The monoisotopic (exact) mass is 319 g/mol. The number of nitrogens with zero attached hydrogens (tertiary/aromatic N) is 1. The van der Waals surface area contributed by atoms with E-state index < -0.39 is 6.10 Å². The number of rotatable bonds is 5. The van der Waals surface area contributed by atoms with Gasteiger partial charge in [0, 0.05) is 16.3 Å². The number of ether oxygens (including phenoxy) is 1. The van der Waals surface area contributed by atoms with Crippen molar-refractivity contribution < 1.29 is 9.84 Å². The molecular formula is C16H18ClN3O2. The Morgan fingerprint density at radius 2 is 1.95 bits per heavy atom. The zero-order valence-corrected chi connectivity index (χ0v) is 12.9. The van der Waals surface area contributed by atoms with Crippen LogP contribution in [0.5, 0.6) is 5.75 Å². The fraction of sp³-hybridized carbons (Fsp3) is 0.188. The summed E-state index contributed by atoms with van der Waals surface area (Å²) >= 11 is 6.03. The average molecular weight is 320 g/mol. The number of anilines is 1. The lowest BCUT2D eigenvalue weighted by Gasteiger charge is -2.11. The normalized spacial score (nSPS) is 12.8. The predicted molar refractivity (Wildman–Crippen MR) is 89.5 cm³/mol. The van der Waals surface area contributed by atoms with Gasteiger partial charge in [-0.2, -0.15) is 0 Å². The molecule has 0 aromatic heterocycles. The first-order valence-corrected chi connectivity index (χ1v) is 7.11. The number of nitrogens with one attached hydrogen (secondary N) is 1. The van der Waals surface area contributed by atoms with Crippen LogP contribution < -0.4 is 15.8 Å². The quantitative estimate of drug-likeness (QED) is 0.585. The molecule has 116 valence electrons. The molecule has 0 heterocycles. The van der Waals surface area contributed by atoms with Crippen molar-refractivity contribution in [3.8, 4) is 5.75 Å². The van der Waals surface area contributed by atoms with Crippen molar-refractivity contribution in [1.82, 2.24) is 0 Å². The van der Waals surface area contributed by atoms with E-state index in [0.717, 1.165) is 11.4 Å². The summed E-state index contributed by atoms with van der Waals surface area (Å²) in [7, 11) is 1.61. The largest absolute Gasteiger partial charge is 0.497 e. The highest BCUT2D eigenvalue weighted by molar-refractivity contribution is 6.31. The summed E-state index contributed by atoms with van der Waals surface area (Å²) in [5, 5.41) is 13.5. The molecule has 0 saturated carbocycles. The third kappa shape index (κ3) is 4.38. The van der Waals surface area contributed by atoms with Gasteiger partial charge >= 0.3 is 0 Å². The van der Waals surface area contributed by atoms with Crippen LogP contribution in [0.25, 0.3) is 0 Å². The molecule has 0 saturated heterocycles. The topological polar surface area (TPSA) is 79.9 Å². The third-order valence-corrected chi connectivity index (χ3v) is 3.41. The first kappa shape index (κ1) is 16.1. The SMILES string of the molecule is COc1ccc(NC(N)=NCC(O)c2ccccc2Cl)cc1. The smallest absolute Gasteiger partial charge is 0.193 e.